The van der Waals surface area contributed by atoms with Gasteiger partial charge in [0.15, 0.2) is 0 Å². The molecule has 0 radical (unpaired) electrons. The summed E-state index contributed by atoms with van der Waals surface area (Å²) in [6.45, 7) is 16.4. The lowest BCUT2D eigenvalue weighted by Gasteiger charge is -1.99. The van der Waals surface area contributed by atoms with Gasteiger partial charge < -0.3 is 0 Å². The van der Waals surface area contributed by atoms with Crippen molar-refractivity contribution in [1.82, 2.24) is 19.9 Å². The first-order valence-corrected chi connectivity index (χ1v) is 8.13. The quantitative estimate of drug-likeness (QED) is 0.692. The number of nitrogens with zero attached hydrogens (tertiary/aromatic N) is 4. The first-order valence-electron chi connectivity index (χ1n) is 8.13. The largest absolute Gasteiger partial charge is 0.245 e. The Labute approximate surface area is 143 Å². The lowest BCUT2D eigenvalue weighted by molar-refractivity contribution is 0.774. The Morgan fingerprint density at radius 2 is 1.17 bits per heavy atom. The SMILES string of the molecule is C.CC.CC.CC(C)c1cncnc1.CC(C)c1ncccn1. The highest BCUT2D eigenvalue weighted by atomic mass is 14.9. The summed E-state index contributed by atoms with van der Waals surface area (Å²) in [7, 11) is 0. The monoisotopic (exact) mass is 320 g/mol. The van der Waals surface area contributed by atoms with Gasteiger partial charge in [0.1, 0.15) is 12.2 Å². The van der Waals surface area contributed by atoms with Crippen LogP contribution < -0.4 is 0 Å². The van der Waals surface area contributed by atoms with E-state index in [0.717, 1.165) is 5.82 Å². The van der Waals surface area contributed by atoms with Crippen LogP contribution in [0.1, 0.15) is 86.0 Å². The maximum Gasteiger partial charge on any atom is 0.130 e. The Bertz CT molecular complexity index is 384. The molecule has 0 saturated carbocycles. The van der Waals surface area contributed by atoms with Gasteiger partial charge in [-0.3, -0.25) is 0 Å². The van der Waals surface area contributed by atoms with Crippen molar-refractivity contribution in [2.75, 3.05) is 0 Å². The first kappa shape index (κ1) is 26.1. The van der Waals surface area contributed by atoms with Crippen molar-refractivity contribution < 1.29 is 0 Å². The first-order chi connectivity index (χ1) is 10.6. The Hall–Kier alpha value is -1.84. The van der Waals surface area contributed by atoms with E-state index in [1.165, 1.54) is 5.56 Å². The van der Waals surface area contributed by atoms with Crippen LogP contribution in [0, 0.1) is 0 Å². The molecule has 0 saturated heterocycles. The van der Waals surface area contributed by atoms with Crippen LogP contribution in [0.15, 0.2) is 37.2 Å². The Kier molecular flexibility index (Phi) is 20.6. The van der Waals surface area contributed by atoms with Gasteiger partial charge >= 0.3 is 0 Å². The van der Waals surface area contributed by atoms with Crippen LogP contribution in [0.5, 0.6) is 0 Å². The summed E-state index contributed by atoms with van der Waals surface area (Å²) < 4.78 is 0. The van der Waals surface area contributed by atoms with Crippen LogP contribution in [-0.2, 0) is 0 Å². The number of aromatic nitrogens is 4. The van der Waals surface area contributed by atoms with Crippen molar-refractivity contribution in [1.29, 1.82) is 0 Å². The molecule has 0 spiro atoms. The predicted octanol–water partition coefficient (Wildman–Crippen LogP) is 5.89. The second-order valence-corrected chi connectivity index (χ2v) is 4.59. The van der Waals surface area contributed by atoms with Crippen LogP contribution in [0.4, 0.5) is 0 Å². The maximum atomic E-state index is 4.07. The maximum absolute atomic E-state index is 4.07. The topological polar surface area (TPSA) is 51.6 Å². The van der Waals surface area contributed by atoms with Crippen molar-refractivity contribution in [3.05, 3.63) is 48.6 Å². The molecule has 4 heteroatoms. The third-order valence-corrected chi connectivity index (χ3v) is 2.35. The molecule has 0 N–H and O–H groups in total. The van der Waals surface area contributed by atoms with Crippen molar-refractivity contribution in [2.45, 2.75) is 74.7 Å². The van der Waals surface area contributed by atoms with E-state index in [4.69, 9.17) is 0 Å². The molecule has 0 amide bonds. The molecule has 0 aliphatic rings. The molecule has 0 aromatic carbocycles. The lowest BCUT2D eigenvalue weighted by atomic mass is 10.1. The van der Waals surface area contributed by atoms with Crippen LogP contribution in [-0.4, -0.2) is 19.9 Å². The second-order valence-electron chi connectivity index (χ2n) is 4.59. The van der Waals surface area contributed by atoms with E-state index < -0.39 is 0 Å². The van der Waals surface area contributed by atoms with Crippen molar-refractivity contribution >= 4 is 0 Å². The molecule has 2 aromatic rings. The molecule has 2 heterocycles. The van der Waals surface area contributed by atoms with E-state index in [1.54, 1.807) is 18.7 Å². The normalized spacial score (nSPS) is 8.43. The zero-order valence-corrected chi connectivity index (χ0v) is 15.4. The van der Waals surface area contributed by atoms with Gasteiger partial charge in [0.25, 0.3) is 0 Å². The van der Waals surface area contributed by atoms with Crippen LogP contribution in [0.25, 0.3) is 0 Å². The molecule has 0 aliphatic heterocycles. The van der Waals surface area contributed by atoms with Crippen molar-refractivity contribution in [3.63, 3.8) is 0 Å². The fourth-order valence-electron chi connectivity index (χ4n) is 1.22. The molecular weight excluding hydrogens is 284 g/mol. The Morgan fingerprint density at radius 1 is 0.739 bits per heavy atom. The molecule has 2 aromatic heterocycles. The summed E-state index contributed by atoms with van der Waals surface area (Å²) in [5, 5.41) is 0. The summed E-state index contributed by atoms with van der Waals surface area (Å²) >= 11 is 0. The van der Waals surface area contributed by atoms with E-state index in [1.807, 2.05) is 46.2 Å². The predicted molar refractivity (Wildman–Crippen MR) is 102 cm³/mol. The molecule has 0 fully saturated rings. The van der Waals surface area contributed by atoms with Gasteiger partial charge in [-0.25, -0.2) is 19.9 Å². The highest BCUT2D eigenvalue weighted by Crippen LogP contribution is 2.09. The number of hydrogen-bond donors (Lipinski definition) is 0. The molecule has 4 nitrogen and oxygen atoms in total. The molecule has 0 aliphatic carbocycles. The van der Waals surface area contributed by atoms with E-state index in [-0.39, 0.29) is 7.43 Å². The fraction of sp³-hybridized carbons (Fsp3) is 0.579. The van der Waals surface area contributed by atoms with Gasteiger partial charge in [-0.1, -0.05) is 62.8 Å². The molecule has 0 bridgehead atoms. The van der Waals surface area contributed by atoms with Crippen LogP contribution >= 0.6 is 0 Å². The summed E-state index contributed by atoms with van der Waals surface area (Å²) in [6.07, 6.45) is 8.77. The zero-order chi connectivity index (χ0) is 17.4. The molecule has 0 unspecified atom stereocenters. The number of rotatable bonds is 2. The van der Waals surface area contributed by atoms with Gasteiger partial charge in [-0.15, -0.1) is 0 Å². The average Bonchev–Trinajstić information content (AvgIpc) is 2.60. The summed E-state index contributed by atoms with van der Waals surface area (Å²) in [6, 6.07) is 1.83. The van der Waals surface area contributed by atoms with Crippen molar-refractivity contribution in [2.24, 2.45) is 0 Å². The highest BCUT2D eigenvalue weighted by Gasteiger charge is 1.97. The minimum absolute atomic E-state index is 0. The van der Waals surface area contributed by atoms with E-state index in [0.29, 0.717) is 11.8 Å². The molecule has 0 atom stereocenters. The highest BCUT2D eigenvalue weighted by molar-refractivity contribution is 5.06. The molecule has 132 valence electrons. The average molecular weight is 321 g/mol. The summed E-state index contributed by atoms with van der Waals surface area (Å²) in [4.78, 5) is 15.9. The van der Waals surface area contributed by atoms with E-state index in [2.05, 4.69) is 47.6 Å². The third-order valence-electron chi connectivity index (χ3n) is 2.35. The lowest BCUT2D eigenvalue weighted by Crippen LogP contribution is -1.93. The summed E-state index contributed by atoms with van der Waals surface area (Å²) in [5.74, 6) is 1.88. The zero-order valence-electron chi connectivity index (χ0n) is 15.4. The van der Waals surface area contributed by atoms with Gasteiger partial charge in [0.2, 0.25) is 0 Å². The fourth-order valence-corrected chi connectivity index (χ4v) is 1.22. The third kappa shape index (κ3) is 13.5. The molecule has 2 rings (SSSR count). The minimum Gasteiger partial charge on any atom is -0.245 e. The van der Waals surface area contributed by atoms with E-state index >= 15 is 0 Å². The molecular formula is C19H36N4. The van der Waals surface area contributed by atoms with Gasteiger partial charge in [0, 0.05) is 30.7 Å². The van der Waals surface area contributed by atoms with Gasteiger partial charge in [-0.2, -0.15) is 0 Å². The number of hydrogen-bond acceptors (Lipinski definition) is 4. The van der Waals surface area contributed by atoms with Crippen LogP contribution in [0.3, 0.4) is 0 Å². The smallest absolute Gasteiger partial charge is 0.130 e. The van der Waals surface area contributed by atoms with Gasteiger partial charge in [-0.05, 0) is 17.5 Å². The van der Waals surface area contributed by atoms with Crippen LogP contribution in [0.2, 0.25) is 0 Å². The Balaban J connectivity index is -0.000000276. The van der Waals surface area contributed by atoms with Crippen molar-refractivity contribution in [3.8, 4) is 0 Å². The summed E-state index contributed by atoms with van der Waals surface area (Å²) in [5.41, 5.74) is 1.19. The second kappa shape index (κ2) is 18.2. The van der Waals surface area contributed by atoms with Gasteiger partial charge in [0.05, 0.1) is 0 Å². The Morgan fingerprint density at radius 3 is 1.43 bits per heavy atom. The minimum atomic E-state index is 0. The van der Waals surface area contributed by atoms with E-state index in [9.17, 15) is 0 Å². The molecule has 23 heavy (non-hydrogen) atoms. The standard InChI is InChI=1S/2C7H10N2.2C2H6.CH4/c1-6(2)7-3-8-5-9-4-7;1-6(2)7-8-4-3-5-9-7;2*1-2;/h2*3-6H,1-2H3;2*1-2H3;1H4.